The summed E-state index contributed by atoms with van der Waals surface area (Å²) in [4.78, 5) is 10.8. The van der Waals surface area contributed by atoms with Crippen LogP contribution < -0.4 is 5.32 Å². The van der Waals surface area contributed by atoms with Crippen LogP contribution in [-0.2, 0) is 9.53 Å². The van der Waals surface area contributed by atoms with Gasteiger partial charge in [0.05, 0.1) is 18.5 Å². The van der Waals surface area contributed by atoms with E-state index in [0.29, 0.717) is 5.69 Å². The molecule has 0 radical (unpaired) electrons. The van der Waals surface area contributed by atoms with Crippen LogP contribution in [0.3, 0.4) is 0 Å². The molecule has 0 spiro atoms. The summed E-state index contributed by atoms with van der Waals surface area (Å²) in [6.07, 6.45) is -1.64. The Labute approximate surface area is 106 Å². The lowest BCUT2D eigenvalue weighted by atomic mass is 10.1. The molecule has 4 nitrogen and oxygen atoms in total. The third-order valence-electron chi connectivity index (χ3n) is 2.68. The topological polar surface area (TPSA) is 62.1 Å². The monoisotopic (exact) mass is 270 g/mol. The number of carbonyl (C=O) groups is 1. The fourth-order valence-electron chi connectivity index (χ4n) is 1.71. The van der Waals surface area contributed by atoms with E-state index in [1.54, 1.807) is 6.07 Å². The number of nitriles is 1. The number of esters is 1. The van der Waals surface area contributed by atoms with Gasteiger partial charge in [0.1, 0.15) is 18.0 Å². The van der Waals surface area contributed by atoms with Crippen LogP contribution in [0, 0.1) is 17.1 Å². The number of cyclic esters (lactones) is 1. The molecule has 1 unspecified atom stereocenters. The van der Waals surface area contributed by atoms with Crippen molar-refractivity contribution in [3.8, 4) is 6.07 Å². The van der Waals surface area contributed by atoms with Crippen LogP contribution in [-0.4, -0.2) is 24.5 Å². The van der Waals surface area contributed by atoms with Gasteiger partial charge in [0.25, 0.3) is 0 Å². The van der Waals surface area contributed by atoms with Gasteiger partial charge in [-0.25, -0.2) is 9.18 Å². The molecule has 1 aromatic carbocycles. The predicted molar refractivity (Wildman–Crippen MR) is 59.0 cm³/mol. The number of carbonyl (C=O) groups excluding carboxylic acids is 1. The second-order valence-electron chi connectivity index (χ2n) is 4.12. The van der Waals surface area contributed by atoms with Crippen LogP contribution in [0.2, 0.25) is 0 Å². The molecule has 19 heavy (non-hydrogen) atoms. The van der Waals surface area contributed by atoms with Gasteiger partial charge >= 0.3 is 11.9 Å². The van der Waals surface area contributed by atoms with E-state index in [4.69, 9.17) is 5.26 Å². The van der Waals surface area contributed by atoms with Crippen LogP contribution >= 0.6 is 0 Å². The first-order chi connectivity index (χ1) is 8.92. The van der Waals surface area contributed by atoms with E-state index in [2.05, 4.69) is 10.1 Å². The third kappa shape index (κ3) is 2.78. The standard InChI is InChI=1S/C12H9F3N2O2/c13-10-2-1-8(3-7(10)5-16)17-6-9-4-12(14,15)11(18)19-9/h1-3,9,17H,4,6H2. The van der Waals surface area contributed by atoms with Crippen molar-refractivity contribution in [2.24, 2.45) is 0 Å². The minimum atomic E-state index is -3.45. The number of hydrogen-bond acceptors (Lipinski definition) is 4. The lowest BCUT2D eigenvalue weighted by Crippen LogP contribution is -2.22. The molecule has 100 valence electrons. The highest BCUT2D eigenvalue weighted by Crippen LogP contribution is 2.30. The molecule has 1 aromatic rings. The highest BCUT2D eigenvalue weighted by molar-refractivity contribution is 5.79. The van der Waals surface area contributed by atoms with Crippen molar-refractivity contribution >= 4 is 11.7 Å². The van der Waals surface area contributed by atoms with Gasteiger partial charge in [0, 0.05) is 5.69 Å². The minimum absolute atomic E-state index is 0.0299. The van der Waals surface area contributed by atoms with Gasteiger partial charge in [-0.3, -0.25) is 0 Å². The summed E-state index contributed by atoms with van der Waals surface area (Å²) in [7, 11) is 0. The normalized spacial score (nSPS) is 20.7. The summed E-state index contributed by atoms with van der Waals surface area (Å²) in [6, 6.07) is 5.38. The second kappa shape index (κ2) is 4.80. The largest absolute Gasteiger partial charge is 0.456 e. The van der Waals surface area contributed by atoms with Crippen LogP contribution in [0.15, 0.2) is 18.2 Å². The molecule has 1 aliphatic heterocycles. The summed E-state index contributed by atoms with van der Waals surface area (Å²) in [5.74, 6) is -5.64. The van der Waals surface area contributed by atoms with Crippen molar-refractivity contribution in [1.82, 2.24) is 0 Å². The Morgan fingerprint density at radius 3 is 2.84 bits per heavy atom. The molecule has 7 heteroatoms. The number of hydrogen-bond donors (Lipinski definition) is 1. The van der Waals surface area contributed by atoms with Gasteiger partial charge in [-0.2, -0.15) is 14.0 Å². The van der Waals surface area contributed by atoms with Crippen LogP contribution in [0.25, 0.3) is 0 Å². The minimum Gasteiger partial charge on any atom is -0.456 e. The first-order valence-corrected chi connectivity index (χ1v) is 5.45. The molecule has 0 aromatic heterocycles. The molecule has 0 aliphatic carbocycles. The van der Waals surface area contributed by atoms with Gasteiger partial charge < -0.3 is 10.1 Å². The Hall–Kier alpha value is -2.23. The first-order valence-electron chi connectivity index (χ1n) is 5.45. The fourth-order valence-corrected chi connectivity index (χ4v) is 1.71. The number of anilines is 1. The fraction of sp³-hybridized carbons (Fsp3) is 0.333. The molecule has 1 saturated heterocycles. The van der Waals surface area contributed by atoms with Gasteiger partial charge in [-0.1, -0.05) is 0 Å². The molecule has 1 N–H and O–H groups in total. The van der Waals surface area contributed by atoms with Crippen molar-refractivity contribution in [1.29, 1.82) is 5.26 Å². The zero-order valence-corrected chi connectivity index (χ0v) is 9.62. The van der Waals surface area contributed by atoms with E-state index in [-0.39, 0.29) is 12.1 Å². The highest BCUT2D eigenvalue weighted by Gasteiger charge is 2.50. The quantitative estimate of drug-likeness (QED) is 0.854. The van der Waals surface area contributed by atoms with Crippen LogP contribution in [0.4, 0.5) is 18.9 Å². The van der Waals surface area contributed by atoms with Crippen molar-refractivity contribution in [2.45, 2.75) is 18.4 Å². The number of alkyl halides is 2. The molecule has 2 rings (SSSR count). The molecule has 1 aliphatic rings. The Morgan fingerprint density at radius 1 is 1.53 bits per heavy atom. The van der Waals surface area contributed by atoms with E-state index in [0.717, 1.165) is 6.07 Å². The average Bonchev–Trinajstić information content (AvgIpc) is 2.62. The number of halogens is 3. The number of benzene rings is 1. The summed E-state index contributed by atoms with van der Waals surface area (Å²) < 4.78 is 43.3. The highest BCUT2D eigenvalue weighted by atomic mass is 19.3. The molecule has 1 fully saturated rings. The maximum atomic E-state index is 13.0. The van der Waals surface area contributed by atoms with Gasteiger partial charge in [0.2, 0.25) is 0 Å². The predicted octanol–water partition coefficient (Wildman–Crippen LogP) is 2.06. The Balaban J connectivity index is 1.97. The molecule has 0 amide bonds. The zero-order chi connectivity index (χ0) is 14.0. The van der Waals surface area contributed by atoms with Crippen molar-refractivity contribution in [2.75, 3.05) is 11.9 Å². The Morgan fingerprint density at radius 2 is 2.26 bits per heavy atom. The summed E-state index contributed by atoms with van der Waals surface area (Å²) in [6.45, 7) is -0.0299. The van der Waals surface area contributed by atoms with Crippen molar-refractivity contribution < 1.29 is 22.7 Å². The summed E-state index contributed by atoms with van der Waals surface area (Å²) in [5.41, 5.74) is 0.239. The zero-order valence-electron chi connectivity index (χ0n) is 9.62. The van der Waals surface area contributed by atoms with E-state index in [1.165, 1.54) is 12.1 Å². The maximum Gasteiger partial charge on any atom is 0.377 e. The number of nitrogens with zero attached hydrogens (tertiary/aromatic N) is 1. The number of ether oxygens (including phenoxy) is 1. The number of nitrogens with one attached hydrogen (secondary N) is 1. The van der Waals surface area contributed by atoms with Crippen molar-refractivity contribution in [3.63, 3.8) is 0 Å². The molecule has 1 heterocycles. The molecular weight excluding hydrogens is 261 g/mol. The van der Waals surface area contributed by atoms with Crippen LogP contribution in [0.5, 0.6) is 0 Å². The lowest BCUT2D eigenvalue weighted by Gasteiger charge is -2.11. The van der Waals surface area contributed by atoms with Crippen LogP contribution in [0.1, 0.15) is 12.0 Å². The van der Waals surface area contributed by atoms with E-state index < -0.39 is 30.2 Å². The summed E-state index contributed by atoms with van der Waals surface area (Å²) in [5, 5.41) is 11.4. The van der Waals surface area contributed by atoms with Gasteiger partial charge in [-0.05, 0) is 18.2 Å². The second-order valence-corrected chi connectivity index (χ2v) is 4.12. The molecule has 0 bridgehead atoms. The van der Waals surface area contributed by atoms with E-state index in [1.807, 2.05) is 0 Å². The first kappa shape index (κ1) is 13.2. The summed E-state index contributed by atoms with van der Waals surface area (Å²) >= 11 is 0. The average molecular weight is 270 g/mol. The number of rotatable bonds is 3. The van der Waals surface area contributed by atoms with E-state index in [9.17, 15) is 18.0 Å². The Kier molecular flexibility index (Phi) is 3.34. The lowest BCUT2D eigenvalue weighted by molar-refractivity contribution is -0.158. The molecule has 1 atom stereocenters. The third-order valence-corrected chi connectivity index (χ3v) is 2.68. The van der Waals surface area contributed by atoms with Crippen molar-refractivity contribution in [3.05, 3.63) is 29.6 Å². The maximum absolute atomic E-state index is 13.0. The smallest absolute Gasteiger partial charge is 0.377 e. The van der Waals surface area contributed by atoms with Gasteiger partial charge in [0.15, 0.2) is 0 Å². The van der Waals surface area contributed by atoms with Gasteiger partial charge in [-0.15, -0.1) is 0 Å². The van der Waals surface area contributed by atoms with E-state index >= 15 is 0 Å². The Bertz CT molecular complexity index is 554. The molecule has 0 saturated carbocycles. The molecular formula is C12H9F3N2O2. The SMILES string of the molecule is N#Cc1cc(NCC2CC(F)(F)C(=O)O2)ccc1F.